The zero-order valence-electron chi connectivity index (χ0n) is 13.3. The molecule has 0 spiro atoms. The molecule has 0 aromatic heterocycles. The standard InChI is InChI=1S/C18H18N2O2S/c1-13-10-14(2)18(15(3)11-13)8-9-23(21,22)20-17-6-4-16(12-19)5-7-17/h4-11,20H,1-3H3/b9-8+. The van der Waals surface area contributed by atoms with Crippen molar-refractivity contribution in [3.63, 3.8) is 0 Å². The highest BCUT2D eigenvalue weighted by Gasteiger charge is 2.07. The number of nitrogens with zero attached hydrogens (tertiary/aromatic N) is 1. The Labute approximate surface area is 137 Å². The molecule has 0 saturated heterocycles. The molecule has 0 radical (unpaired) electrons. The van der Waals surface area contributed by atoms with Gasteiger partial charge in [0.05, 0.1) is 17.0 Å². The second-order valence-corrected chi connectivity index (χ2v) is 7.02. The maximum Gasteiger partial charge on any atom is 0.255 e. The molecule has 118 valence electrons. The van der Waals surface area contributed by atoms with Gasteiger partial charge in [-0.05, 0) is 67.8 Å². The van der Waals surface area contributed by atoms with E-state index in [4.69, 9.17) is 5.26 Å². The zero-order valence-corrected chi connectivity index (χ0v) is 14.1. The van der Waals surface area contributed by atoms with Gasteiger partial charge in [-0.3, -0.25) is 4.72 Å². The van der Waals surface area contributed by atoms with Gasteiger partial charge in [0, 0.05) is 5.69 Å². The summed E-state index contributed by atoms with van der Waals surface area (Å²) >= 11 is 0. The summed E-state index contributed by atoms with van der Waals surface area (Å²) in [6.07, 6.45) is 1.61. The van der Waals surface area contributed by atoms with Crippen molar-refractivity contribution >= 4 is 21.8 Å². The average molecular weight is 326 g/mol. The van der Waals surface area contributed by atoms with E-state index in [1.54, 1.807) is 30.3 Å². The van der Waals surface area contributed by atoms with Crippen LogP contribution in [0.4, 0.5) is 5.69 Å². The minimum atomic E-state index is -3.61. The van der Waals surface area contributed by atoms with Crippen LogP contribution in [0.2, 0.25) is 0 Å². The van der Waals surface area contributed by atoms with Gasteiger partial charge >= 0.3 is 0 Å². The van der Waals surface area contributed by atoms with Gasteiger partial charge in [0.25, 0.3) is 10.0 Å². The lowest BCUT2D eigenvalue weighted by molar-refractivity contribution is 0.609. The number of nitrogens with one attached hydrogen (secondary N) is 1. The Balaban J connectivity index is 2.22. The molecule has 0 aliphatic rings. The summed E-state index contributed by atoms with van der Waals surface area (Å²) in [7, 11) is -3.61. The highest BCUT2D eigenvalue weighted by atomic mass is 32.2. The third-order valence-corrected chi connectivity index (χ3v) is 4.44. The first-order valence-corrected chi connectivity index (χ1v) is 8.64. The van der Waals surface area contributed by atoms with E-state index in [2.05, 4.69) is 4.72 Å². The fraction of sp³-hybridized carbons (Fsp3) is 0.167. The number of hydrogen-bond donors (Lipinski definition) is 1. The van der Waals surface area contributed by atoms with Gasteiger partial charge in [-0.1, -0.05) is 17.7 Å². The molecule has 0 aliphatic heterocycles. The molecular formula is C18H18N2O2S. The van der Waals surface area contributed by atoms with Gasteiger partial charge in [0.1, 0.15) is 0 Å². The van der Waals surface area contributed by atoms with Crippen molar-refractivity contribution in [2.24, 2.45) is 0 Å². The van der Waals surface area contributed by atoms with Crippen LogP contribution in [0.3, 0.4) is 0 Å². The summed E-state index contributed by atoms with van der Waals surface area (Å²) in [4.78, 5) is 0. The SMILES string of the molecule is Cc1cc(C)c(/C=C/S(=O)(=O)Nc2ccc(C#N)cc2)c(C)c1. The van der Waals surface area contributed by atoms with Crippen molar-refractivity contribution in [1.29, 1.82) is 5.26 Å². The van der Waals surface area contributed by atoms with Crippen LogP contribution in [0.1, 0.15) is 27.8 Å². The first-order chi connectivity index (χ1) is 10.8. The number of hydrogen-bond acceptors (Lipinski definition) is 3. The number of aryl methyl sites for hydroxylation is 3. The van der Waals surface area contributed by atoms with Crippen molar-refractivity contribution in [2.45, 2.75) is 20.8 Å². The summed E-state index contributed by atoms with van der Waals surface area (Å²) in [6.45, 7) is 5.93. The molecule has 2 aromatic rings. The Morgan fingerprint density at radius 1 is 1.04 bits per heavy atom. The Morgan fingerprint density at radius 3 is 2.13 bits per heavy atom. The Morgan fingerprint density at radius 2 is 1.61 bits per heavy atom. The van der Waals surface area contributed by atoms with Gasteiger partial charge < -0.3 is 0 Å². The first-order valence-electron chi connectivity index (χ1n) is 7.09. The van der Waals surface area contributed by atoms with Crippen LogP contribution in [0.5, 0.6) is 0 Å². The lowest BCUT2D eigenvalue weighted by atomic mass is 10.0. The molecule has 0 amide bonds. The van der Waals surface area contributed by atoms with E-state index < -0.39 is 10.0 Å². The van der Waals surface area contributed by atoms with E-state index >= 15 is 0 Å². The molecule has 0 atom stereocenters. The number of sulfonamides is 1. The Bertz CT molecular complexity index is 867. The molecule has 5 heteroatoms. The number of rotatable bonds is 4. The first kappa shape index (κ1) is 16.8. The molecule has 0 heterocycles. The molecule has 0 unspecified atom stereocenters. The van der Waals surface area contributed by atoms with Crippen molar-refractivity contribution in [1.82, 2.24) is 0 Å². The van der Waals surface area contributed by atoms with Gasteiger partial charge in [-0.25, -0.2) is 8.42 Å². The van der Waals surface area contributed by atoms with Crippen molar-refractivity contribution in [3.05, 3.63) is 69.6 Å². The summed E-state index contributed by atoms with van der Waals surface area (Å²) < 4.78 is 26.8. The van der Waals surface area contributed by atoms with Gasteiger partial charge in [-0.2, -0.15) is 5.26 Å². The van der Waals surface area contributed by atoms with E-state index in [0.717, 1.165) is 27.7 Å². The van der Waals surface area contributed by atoms with Crippen LogP contribution >= 0.6 is 0 Å². The average Bonchev–Trinajstić information content (AvgIpc) is 2.46. The fourth-order valence-electron chi connectivity index (χ4n) is 2.42. The molecule has 0 fully saturated rings. The van der Waals surface area contributed by atoms with E-state index in [1.807, 2.05) is 39.0 Å². The van der Waals surface area contributed by atoms with Gasteiger partial charge in [-0.15, -0.1) is 0 Å². The topological polar surface area (TPSA) is 70.0 Å². The van der Waals surface area contributed by atoms with Crippen LogP contribution in [0.25, 0.3) is 6.08 Å². The molecule has 0 aliphatic carbocycles. The molecule has 0 bridgehead atoms. The summed E-state index contributed by atoms with van der Waals surface area (Å²) in [5.74, 6) is 0. The summed E-state index contributed by atoms with van der Waals surface area (Å²) in [5, 5.41) is 9.91. The fourth-order valence-corrected chi connectivity index (χ4v) is 3.27. The van der Waals surface area contributed by atoms with E-state index in [9.17, 15) is 8.42 Å². The predicted molar refractivity (Wildman–Crippen MR) is 93.4 cm³/mol. The zero-order chi connectivity index (χ0) is 17.0. The third-order valence-electron chi connectivity index (χ3n) is 3.43. The largest absolute Gasteiger partial charge is 0.280 e. The van der Waals surface area contributed by atoms with E-state index in [0.29, 0.717) is 11.3 Å². The second-order valence-electron chi connectivity index (χ2n) is 5.45. The van der Waals surface area contributed by atoms with E-state index in [-0.39, 0.29) is 0 Å². The highest BCUT2D eigenvalue weighted by Crippen LogP contribution is 2.19. The van der Waals surface area contributed by atoms with Gasteiger partial charge in [0.2, 0.25) is 0 Å². The van der Waals surface area contributed by atoms with Crippen molar-refractivity contribution < 1.29 is 8.42 Å². The Hall–Kier alpha value is -2.58. The third kappa shape index (κ3) is 4.44. The maximum absolute atomic E-state index is 12.2. The van der Waals surface area contributed by atoms with Crippen LogP contribution in [-0.2, 0) is 10.0 Å². The minimum Gasteiger partial charge on any atom is -0.280 e. The smallest absolute Gasteiger partial charge is 0.255 e. The molecular weight excluding hydrogens is 308 g/mol. The lowest BCUT2D eigenvalue weighted by Crippen LogP contribution is -2.08. The number of nitriles is 1. The minimum absolute atomic E-state index is 0.422. The molecule has 1 N–H and O–H groups in total. The quantitative estimate of drug-likeness (QED) is 0.926. The van der Waals surface area contributed by atoms with E-state index in [1.165, 1.54) is 0 Å². The molecule has 0 saturated carbocycles. The Kier molecular flexibility index (Phi) is 4.87. The van der Waals surface area contributed by atoms with Crippen molar-refractivity contribution in [3.8, 4) is 6.07 Å². The van der Waals surface area contributed by atoms with Crippen LogP contribution < -0.4 is 4.72 Å². The van der Waals surface area contributed by atoms with Crippen LogP contribution in [-0.4, -0.2) is 8.42 Å². The predicted octanol–water partition coefficient (Wildman–Crippen LogP) is 3.90. The van der Waals surface area contributed by atoms with Crippen molar-refractivity contribution in [2.75, 3.05) is 4.72 Å². The molecule has 2 rings (SSSR count). The molecule has 4 nitrogen and oxygen atoms in total. The van der Waals surface area contributed by atoms with Crippen LogP contribution in [0, 0.1) is 32.1 Å². The van der Waals surface area contributed by atoms with Crippen LogP contribution in [0.15, 0.2) is 41.8 Å². The maximum atomic E-state index is 12.2. The monoisotopic (exact) mass is 326 g/mol. The molecule has 2 aromatic carbocycles. The lowest BCUT2D eigenvalue weighted by Gasteiger charge is -2.08. The number of benzene rings is 2. The second kappa shape index (κ2) is 6.67. The highest BCUT2D eigenvalue weighted by molar-refractivity contribution is 7.95. The normalized spacial score (nSPS) is 11.4. The molecule has 23 heavy (non-hydrogen) atoms. The number of anilines is 1. The summed E-state index contributed by atoms with van der Waals surface area (Å²) in [6, 6.07) is 12.3. The summed E-state index contributed by atoms with van der Waals surface area (Å²) in [5.41, 5.74) is 5.02. The van der Waals surface area contributed by atoms with Gasteiger partial charge in [0.15, 0.2) is 0 Å².